The zero-order valence-corrected chi connectivity index (χ0v) is 30.5. The number of rotatable bonds is 36. The van der Waals surface area contributed by atoms with E-state index in [0.717, 1.165) is 25.9 Å². The highest BCUT2D eigenvalue weighted by atomic mass is 15.2. The molecule has 6 nitrogen and oxygen atoms in total. The fraction of sp³-hybridized carbons (Fsp3) is 0.923. The fourth-order valence-electron chi connectivity index (χ4n) is 6.30. The molecule has 45 heavy (non-hydrogen) atoms. The number of nitrogens with one attached hydrogen (secondary N) is 2. The summed E-state index contributed by atoms with van der Waals surface area (Å²) in [5.74, 6) is 1.48. The first-order valence-corrected chi connectivity index (χ1v) is 20.3. The number of anilines is 3. The SMILES string of the molecule is CCCCCCCCCCCCCCCCCCNc1nc(N)nc(NCCCCCCCCCCCCCCCCCC)n1. The molecule has 0 aromatic carbocycles. The molecule has 0 saturated carbocycles. The lowest BCUT2D eigenvalue weighted by molar-refractivity contribution is 0.530. The summed E-state index contributed by atoms with van der Waals surface area (Å²) in [4.78, 5) is 13.1. The van der Waals surface area contributed by atoms with Crippen LogP contribution >= 0.6 is 0 Å². The maximum atomic E-state index is 5.95. The van der Waals surface area contributed by atoms with Gasteiger partial charge >= 0.3 is 0 Å². The van der Waals surface area contributed by atoms with Gasteiger partial charge in [-0.1, -0.05) is 206 Å². The molecule has 264 valence electrons. The first-order chi connectivity index (χ1) is 22.3. The van der Waals surface area contributed by atoms with E-state index < -0.39 is 0 Å². The lowest BCUT2D eigenvalue weighted by Crippen LogP contribution is -2.12. The summed E-state index contributed by atoms with van der Waals surface area (Å²) in [6.45, 7) is 6.37. The highest BCUT2D eigenvalue weighted by Gasteiger charge is 2.04. The first kappa shape index (κ1) is 41.4. The standard InChI is InChI=1S/C39H78N6/c1-3-5-7-9-11-13-15-17-19-21-23-25-27-29-31-33-35-41-38-43-37(40)44-39(45-38)42-36-34-32-30-28-26-24-22-20-18-16-14-12-10-8-6-4-2/h3-36H2,1-2H3,(H4,40,41,42,43,44,45). The van der Waals surface area contributed by atoms with Crippen LogP contribution in [0.2, 0.25) is 0 Å². The average Bonchev–Trinajstić information content (AvgIpc) is 3.03. The first-order valence-electron chi connectivity index (χ1n) is 20.3. The molecule has 4 N–H and O–H groups in total. The maximum Gasteiger partial charge on any atom is 0.229 e. The molecule has 0 atom stereocenters. The molecular formula is C39H78N6. The molecule has 0 unspecified atom stereocenters. The van der Waals surface area contributed by atoms with Crippen LogP contribution in [0.3, 0.4) is 0 Å². The van der Waals surface area contributed by atoms with E-state index in [-0.39, 0.29) is 5.95 Å². The summed E-state index contributed by atoms with van der Waals surface area (Å²) in [5.41, 5.74) is 5.95. The van der Waals surface area contributed by atoms with Gasteiger partial charge in [0.05, 0.1) is 0 Å². The van der Waals surface area contributed by atoms with Gasteiger partial charge in [0.2, 0.25) is 17.8 Å². The van der Waals surface area contributed by atoms with Crippen molar-refractivity contribution < 1.29 is 0 Å². The Balaban J connectivity index is 1.89. The van der Waals surface area contributed by atoms with Gasteiger partial charge in [0, 0.05) is 13.1 Å². The zero-order chi connectivity index (χ0) is 32.3. The Hall–Kier alpha value is -1.59. The minimum Gasteiger partial charge on any atom is -0.368 e. The van der Waals surface area contributed by atoms with Gasteiger partial charge < -0.3 is 16.4 Å². The highest BCUT2D eigenvalue weighted by molar-refractivity contribution is 5.39. The molecule has 0 radical (unpaired) electrons. The monoisotopic (exact) mass is 631 g/mol. The Kier molecular flexibility index (Phi) is 31.1. The Morgan fingerprint density at radius 1 is 0.333 bits per heavy atom. The van der Waals surface area contributed by atoms with Crippen molar-refractivity contribution >= 4 is 17.8 Å². The van der Waals surface area contributed by atoms with Crippen molar-refractivity contribution in [3.8, 4) is 0 Å². The van der Waals surface area contributed by atoms with Crippen LogP contribution in [0.5, 0.6) is 0 Å². The van der Waals surface area contributed by atoms with Crippen molar-refractivity contribution in [3.05, 3.63) is 0 Å². The van der Waals surface area contributed by atoms with Gasteiger partial charge in [-0.25, -0.2) is 0 Å². The van der Waals surface area contributed by atoms with Crippen LogP contribution in [0.15, 0.2) is 0 Å². The third kappa shape index (κ3) is 29.6. The Bertz CT molecular complexity index is 671. The number of hydrogen-bond donors (Lipinski definition) is 3. The van der Waals surface area contributed by atoms with E-state index >= 15 is 0 Å². The minimum absolute atomic E-state index is 0.286. The second-order valence-corrected chi connectivity index (χ2v) is 13.8. The van der Waals surface area contributed by atoms with Gasteiger partial charge in [-0.2, -0.15) is 15.0 Å². The number of nitrogen functional groups attached to an aromatic ring is 1. The van der Waals surface area contributed by atoms with E-state index in [0.29, 0.717) is 11.9 Å². The van der Waals surface area contributed by atoms with Crippen molar-refractivity contribution in [2.24, 2.45) is 0 Å². The summed E-state index contributed by atoms with van der Waals surface area (Å²) in [7, 11) is 0. The minimum atomic E-state index is 0.286. The van der Waals surface area contributed by atoms with Crippen LogP contribution in [-0.4, -0.2) is 28.0 Å². The Labute approximate surface area is 281 Å². The predicted octanol–water partition coefficient (Wildman–Crippen LogP) is 12.8. The molecule has 1 aromatic heterocycles. The van der Waals surface area contributed by atoms with Gasteiger partial charge in [-0.15, -0.1) is 0 Å². The van der Waals surface area contributed by atoms with Crippen LogP contribution in [0.4, 0.5) is 17.8 Å². The fourth-order valence-corrected chi connectivity index (χ4v) is 6.30. The number of nitrogens with two attached hydrogens (primary N) is 1. The van der Waals surface area contributed by atoms with Gasteiger partial charge in [-0.05, 0) is 12.8 Å². The lowest BCUT2D eigenvalue weighted by Gasteiger charge is -2.09. The second kappa shape index (κ2) is 33.8. The summed E-state index contributed by atoms with van der Waals surface area (Å²) in [5, 5.41) is 6.70. The van der Waals surface area contributed by atoms with Gasteiger partial charge in [0.15, 0.2) is 0 Å². The Morgan fingerprint density at radius 2 is 0.556 bits per heavy atom. The molecule has 0 aliphatic carbocycles. The Morgan fingerprint density at radius 3 is 0.800 bits per heavy atom. The van der Waals surface area contributed by atoms with Crippen molar-refractivity contribution in [2.75, 3.05) is 29.5 Å². The molecule has 0 spiro atoms. The summed E-state index contributed by atoms with van der Waals surface area (Å²) >= 11 is 0. The van der Waals surface area contributed by atoms with E-state index in [9.17, 15) is 0 Å². The molecule has 0 aliphatic rings. The van der Waals surface area contributed by atoms with Gasteiger partial charge in [-0.3, -0.25) is 0 Å². The number of hydrogen-bond acceptors (Lipinski definition) is 6. The largest absolute Gasteiger partial charge is 0.368 e. The van der Waals surface area contributed by atoms with Gasteiger partial charge in [0.25, 0.3) is 0 Å². The average molecular weight is 631 g/mol. The van der Waals surface area contributed by atoms with Crippen LogP contribution < -0.4 is 16.4 Å². The van der Waals surface area contributed by atoms with Crippen LogP contribution in [0.1, 0.15) is 219 Å². The quantitative estimate of drug-likeness (QED) is 0.0639. The van der Waals surface area contributed by atoms with Crippen LogP contribution in [0, 0.1) is 0 Å². The number of unbranched alkanes of at least 4 members (excludes halogenated alkanes) is 30. The van der Waals surface area contributed by atoms with E-state index in [1.807, 2.05) is 0 Å². The van der Waals surface area contributed by atoms with Crippen molar-refractivity contribution in [2.45, 2.75) is 219 Å². The maximum absolute atomic E-state index is 5.95. The van der Waals surface area contributed by atoms with Crippen molar-refractivity contribution in [3.63, 3.8) is 0 Å². The zero-order valence-electron chi connectivity index (χ0n) is 30.5. The van der Waals surface area contributed by atoms with Crippen LogP contribution in [-0.2, 0) is 0 Å². The molecule has 1 rings (SSSR count). The molecule has 1 heterocycles. The van der Waals surface area contributed by atoms with Crippen LogP contribution in [0.25, 0.3) is 0 Å². The van der Waals surface area contributed by atoms with Crippen molar-refractivity contribution in [1.29, 1.82) is 0 Å². The predicted molar refractivity (Wildman–Crippen MR) is 200 cm³/mol. The topological polar surface area (TPSA) is 88.8 Å². The van der Waals surface area contributed by atoms with Gasteiger partial charge in [0.1, 0.15) is 0 Å². The number of nitrogens with zero attached hydrogens (tertiary/aromatic N) is 3. The third-order valence-electron chi connectivity index (χ3n) is 9.28. The summed E-state index contributed by atoms with van der Waals surface area (Å²) < 4.78 is 0. The van der Waals surface area contributed by atoms with E-state index in [4.69, 9.17) is 5.73 Å². The molecule has 0 saturated heterocycles. The highest BCUT2D eigenvalue weighted by Crippen LogP contribution is 2.16. The smallest absolute Gasteiger partial charge is 0.229 e. The van der Waals surface area contributed by atoms with E-state index in [1.54, 1.807) is 0 Å². The molecule has 0 aliphatic heterocycles. The number of aromatic nitrogens is 3. The third-order valence-corrected chi connectivity index (χ3v) is 9.28. The lowest BCUT2D eigenvalue weighted by atomic mass is 10.0. The second-order valence-electron chi connectivity index (χ2n) is 13.8. The molecule has 0 bridgehead atoms. The molecular weight excluding hydrogens is 552 g/mol. The van der Waals surface area contributed by atoms with E-state index in [1.165, 1.54) is 193 Å². The molecule has 1 aromatic rings. The summed E-state index contributed by atoms with van der Waals surface area (Å²) in [6.07, 6.45) is 44.4. The van der Waals surface area contributed by atoms with E-state index in [2.05, 4.69) is 39.4 Å². The summed E-state index contributed by atoms with van der Waals surface area (Å²) in [6, 6.07) is 0. The normalized spacial score (nSPS) is 11.3. The molecule has 6 heteroatoms. The van der Waals surface area contributed by atoms with Crippen molar-refractivity contribution in [1.82, 2.24) is 15.0 Å². The molecule has 0 fully saturated rings. The molecule has 0 amide bonds.